The van der Waals surface area contributed by atoms with Crippen molar-refractivity contribution < 1.29 is 4.52 Å². The molecule has 1 unspecified atom stereocenters. The molecule has 0 aliphatic heterocycles. The van der Waals surface area contributed by atoms with Crippen molar-refractivity contribution in [1.29, 1.82) is 0 Å². The first-order valence-corrected chi connectivity index (χ1v) is 10.5. The highest BCUT2D eigenvalue weighted by molar-refractivity contribution is 5.78. The molecular weight excluding hydrogens is 380 g/mol. The lowest BCUT2D eigenvalue weighted by atomic mass is 10.1. The van der Waals surface area contributed by atoms with Gasteiger partial charge in [0.05, 0.1) is 34.9 Å². The third-order valence-corrected chi connectivity index (χ3v) is 5.32. The molecule has 0 saturated carbocycles. The summed E-state index contributed by atoms with van der Waals surface area (Å²) in [4.78, 5) is 13.2. The number of para-hydroxylation sites is 1. The van der Waals surface area contributed by atoms with Gasteiger partial charge in [0.25, 0.3) is 5.56 Å². The quantitative estimate of drug-likeness (QED) is 0.443. The van der Waals surface area contributed by atoms with Crippen LogP contribution < -0.4 is 5.56 Å². The molecule has 3 heterocycles. The van der Waals surface area contributed by atoms with Gasteiger partial charge in [-0.2, -0.15) is 0 Å². The van der Waals surface area contributed by atoms with Gasteiger partial charge in [-0.25, -0.2) is 4.68 Å². The van der Waals surface area contributed by atoms with Crippen LogP contribution in [0.1, 0.15) is 63.2 Å². The Morgan fingerprint density at radius 2 is 1.97 bits per heavy atom. The number of benzene rings is 1. The molecule has 0 aliphatic carbocycles. The van der Waals surface area contributed by atoms with Gasteiger partial charge in [-0.3, -0.25) is 14.2 Å². The smallest absolute Gasteiger partial charge is 0.274 e. The molecule has 0 amide bonds. The molecule has 158 valence electrons. The molecule has 0 fully saturated rings. The highest BCUT2D eigenvalue weighted by Crippen LogP contribution is 2.20. The van der Waals surface area contributed by atoms with Crippen LogP contribution in [0.15, 0.2) is 45.8 Å². The van der Waals surface area contributed by atoms with E-state index in [1.165, 1.54) is 0 Å². The zero-order chi connectivity index (χ0) is 21.3. The molecule has 4 rings (SSSR count). The van der Waals surface area contributed by atoms with Crippen molar-refractivity contribution in [3.8, 4) is 0 Å². The predicted molar refractivity (Wildman–Crippen MR) is 115 cm³/mol. The first-order valence-electron chi connectivity index (χ1n) is 10.5. The number of aryl methyl sites for hydroxylation is 1. The third kappa shape index (κ3) is 3.81. The number of fused-ring (bicyclic) bond motifs is 1. The molecule has 30 heavy (non-hydrogen) atoms. The molecule has 8 heteroatoms. The van der Waals surface area contributed by atoms with E-state index in [-0.39, 0.29) is 17.5 Å². The Hall–Kier alpha value is -3.16. The minimum absolute atomic E-state index is 0.0180. The van der Waals surface area contributed by atoms with Crippen molar-refractivity contribution in [2.75, 3.05) is 0 Å². The van der Waals surface area contributed by atoms with Crippen LogP contribution in [0.4, 0.5) is 0 Å². The molecule has 4 aromatic rings. The molecule has 0 bridgehead atoms. The molecule has 1 atom stereocenters. The van der Waals surface area contributed by atoms with E-state index in [9.17, 15) is 4.79 Å². The zero-order valence-corrected chi connectivity index (χ0v) is 17.9. The topological polar surface area (TPSA) is 83.7 Å². The number of nitrogens with zero attached hydrogens (tertiary/aromatic N) is 6. The van der Waals surface area contributed by atoms with Gasteiger partial charge in [-0.15, -0.1) is 5.10 Å². The number of hydrogen-bond donors (Lipinski definition) is 0. The van der Waals surface area contributed by atoms with Crippen molar-refractivity contribution in [1.82, 2.24) is 29.5 Å². The fourth-order valence-electron chi connectivity index (χ4n) is 3.80. The van der Waals surface area contributed by atoms with E-state index >= 15 is 0 Å². The third-order valence-electron chi connectivity index (χ3n) is 5.32. The lowest BCUT2D eigenvalue weighted by Crippen LogP contribution is -2.29. The van der Waals surface area contributed by atoms with Crippen LogP contribution in [-0.4, -0.2) is 29.5 Å². The van der Waals surface area contributed by atoms with E-state index in [0.29, 0.717) is 18.5 Å². The average Bonchev–Trinajstić information content (AvgIpc) is 3.42. The van der Waals surface area contributed by atoms with Crippen LogP contribution >= 0.6 is 0 Å². The Morgan fingerprint density at radius 1 is 1.17 bits per heavy atom. The van der Waals surface area contributed by atoms with Gasteiger partial charge < -0.3 is 4.52 Å². The first kappa shape index (κ1) is 20.1. The lowest BCUT2D eigenvalue weighted by molar-refractivity contribution is 0.318. The summed E-state index contributed by atoms with van der Waals surface area (Å²) in [5, 5.41) is 13.3. The maximum absolute atomic E-state index is 13.2. The molecule has 8 nitrogen and oxygen atoms in total. The van der Waals surface area contributed by atoms with Crippen LogP contribution in [0.3, 0.4) is 0 Å². The van der Waals surface area contributed by atoms with Crippen molar-refractivity contribution >= 4 is 10.9 Å². The monoisotopic (exact) mass is 408 g/mol. The van der Waals surface area contributed by atoms with E-state index in [2.05, 4.69) is 36.2 Å². The molecule has 0 saturated heterocycles. The summed E-state index contributed by atoms with van der Waals surface area (Å²) < 4.78 is 11.2. The van der Waals surface area contributed by atoms with E-state index in [1.807, 2.05) is 52.8 Å². The summed E-state index contributed by atoms with van der Waals surface area (Å²) in [6.07, 6.45) is 3.89. The largest absolute Gasteiger partial charge is 0.359 e. The van der Waals surface area contributed by atoms with E-state index in [0.717, 1.165) is 35.5 Å². The summed E-state index contributed by atoms with van der Waals surface area (Å²) in [6, 6.07) is 9.52. The normalized spacial score (nSPS) is 12.8. The Bertz CT molecular complexity index is 1200. The molecule has 0 radical (unpaired) electrons. The van der Waals surface area contributed by atoms with Gasteiger partial charge in [0, 0.05) is 12.3 Å². The molecule has 3 aromatic heterocycles. The molecular formula is C22H28N6O2. The Balaban J connectivity index is 1.71. The van der Waals surface area contributed by atoms with Crippen LogP contribution in [-0.2, 0) is 19.5 Å². The summed E-state index contributed by atoms with van der Waals surface area (Å²) >= 11 is 0. The molecule has 0 N–H and O–H groups in total. The molecule has 0 aliphatic rings. The Labute approximate surface area is 175 Å². The summed E-state index contributed by atoms with van der Waals surface area (Å²) in [7, 11) is 0. The number of aromatic nitrogens is 6. The van der Waals surface area contributed by atoms with Crippen molar-refractivity contribution in [2.24, 2.45) is 0 Å². The standard InChI is InChI=1S/C22H28N6O2/c1-5-8-17-13-26(25-23-17)12-16(4)28-22(29)19-9-6-7-10-21(19)27(28)14-18-11-20(15(2)3)24-30-18/h6-7,9-11,13,15-16H,5,8,12,14H2,1-4H3. The van der Waals surface area contributed by atoms with Crippen LogP contribution in [0.25, 0.3) is 10.9 Å². The van der Waals surface area contributed by atoms with Crippen LogP contribution in [0.2, 0.25) is 0 Å². The first-order chi connectivity index (χ1) is 14.5. The van der Waals surface area contributed by atoms with Gasteiger partial charge in [0.1, 0.15) is 6.54 Å². The minimum Gasteiger partial charge on any atom is -0.359 e. The highest BCUT2D eigenvalue weighted by Gasteiger charge is 2.20. The maximum atomic E-state index is 13.2. The van der Waals surface area contributed by atoms with E-state index in [1.54, 1.807) is 4.68 Å². The van der Waals surface area contributed by atoms with Gasteiger partial charge in [-0.1, -0.05) is 49.7 Å². The highest BCUT2D eigenvalue weighted by atomic mass is 16.5. The molecule has 0 spiro atoms. The second kappa shape index (κ2) is 8.30. The second-order valence-corrected chi connectivity index (χ2v) is 8.13. The summed E-state index contributed by atoms with van der Waals surface area (Å²) in [6.45, 7) is 9.29. The van der Waals surface area contributed by atoms with Crippen LogP contribution in [0, 0.1) is 0 Å². The van der Waals surface area contributed by atoms with E-state index < -0.39 is 0 Å². The average molecular weight is 409 g/mol. The van der Waals surface area contributed by atoms with Gasteiger partial charge in [0.2, 0.25) is 0 Å². The number of rotatable bonds is 8. The SMILES string of the molecule is CCCc1cn(CC(C)n2c(=O)c3ccccc3n2Cc2cc(C(C)C)no2)nn1. The van der Waals surface area contributed by atoms with Crippen molar-refractivity contribution in [3.63, 3.8) is 0 Å². The lowest BCUT2D eigenvalue weighted by Gasteiger charge is -2.18. The zero-order valence-electron chi connectivity index (χ0n) is 17.9. The number of hydrogen-bond acceptors (Lipinski definition) is 5. The van der Waals surface area contributed by atoms with Crippen molar-refractivity contribution in [3.05, 3.63) is 64.0 Å². The van der Waals surface area contributed by atoms with Crippen LogP contribution in [0.5, 0.6) is 0 Å². The Morgan fingerprint density at radius 3 is 2.70 bits per heavy atom. The predicted octanol–water partition coefficient (Wildman–Crippen LogP) is 3.77. The van der Waals surface area contributed by atoms with Gasteiger partial charge in [0.15, 0.2) is 5.76 Å². The van der Waals surface area contributed by atoms with Crippen molar-refractivity contribution in [2.45, 2.75) is 65.6 Å². The fraction of sp³-hybridized carbons (Fsp3) is 0.455. The summed E-state index contributed by atoms with van der Waals surface area (Å²) in [5.74, 6) is 1.01. The fourth-order valence-corrected chi connectivity index (χ4v) is 3.80. The Kier molecular flexibility index (Phi) is 5.57. The van der Waals surface area contributed by atoms with Gasteiger partial charge >= 0.3 is 0 Å². The summed E-state index contributed by atoms with van der Waals surface area (Å²) in [5.41, 5.74) is 2.74. The minimum atomic E-state index is -0.117. The molecule has 1 aromatic carbocycles. The maximum Gasteiger partial charge on any atom is 0.274 e. The second-order valence-electron chi connectivity index (χ2n) is 8.13. The van der Waals surface area contributed by atoms with Gasteiger partial charge in [-0.05, 0) is 31.4 Å². The van der Waals surface area contributed by atoms with E-state index in [4.69, 9.17) is 4.52 Å².